The normalized spacial score (nSPS) is 9.33. The third-order valence-electron chi connectivity index (χ3n) is 2.09. The molecular formula is C13H9NO. The van der Waals surface area contributed by atoms with Crippen LogP contribution in [-0.4, -0.2) is 11.3 Å². The van der Waals surface area contributed by atoms with Gasteiger partial charge in [-0.25, -0.2) is 0 Å². The molecule has 0 aliphatic rings. The van der Waals surface area contributed by atoms with Crippen molar-refractivity contribution in [2.24, 2.45) is 0 Å². The van der Waals surface area contributed by atoms with E-state index >= 15 is 0 Å². The van der Waals surface area contributed by atoms with Gasteiger partial charge in [0, 0.05) is 23.3 Å². The maximum absolute atomic E-state index is 10.1. The average molecular weight is 195 g/mol. The van der Waals surface area contributed by atoms with E-state index in [1.54, 1.807) is 12.4 Å². The lowest BCUT2D eigenvalue weighted by atomic mass is 10.1. The lowest BCUT2D eigenvalue weighted by molar-refractivity contribution is -0.107. The molecule has 0 unspecified atom stereocenters. The number of hydrogen-bond donors (Lipinski definition) is 0. The molecule has 0 spiro atoms. The number of aromatic nitrogens is 1. The third-order valence-corrected chi connectivity index (χ3v) is 2.09. The first-order valence-corrected chi connectivity index (χ1v) is 4.67. The summed E-state index contributed by atoms with van der Waals surface area (Å²) >= 11 is 0. The van der Waals surface area contributed by atoms with Crippen LogP contribution in [0.5, 0.6) is 0 Å². The standard InChI is InChI=1S/C13H9NO/c15-9-2-1-4-11-5-3-6-12-7-8-14-10-13(11)12/h3,5-10H,2H2. The van der Waals surface area contributed by atoms with Crippen molar-refractivity contribution in [3.63, 3.8) is 0 Å². The molecule has 2 heteroatoms. The van der Waals surface area contributed by atoms with E-state index in [1.807, 2.05) is 24.3 Å². The zero-order valence-corrected chi connectivity index (χ0v) is 8.10. The van der Waals surface area contributed by atoms with Crippen LogP contribution in [0.15, 0.2) is 36.7 Å². The molecule has 0 bridgehead atoms. The maximum atomic E-state index is 10.1. The summed E-state index contributed by atoms with van der Waals surface area (Å²) < 4.78 is 0. The predicted molar refractivity (Wildman–Crippen MR) is 59.3 cm³/mol. The number of pyridine rings is 1. The minimum atomic E-state index is 0.274. The molecule has 72 valence electrons. The van der Waals surface area contributed by atoms with Gasteiger partial charge in [0.25, 0.3) is 0 Å². The molecule has 2 aromatic rings. The summed E-state index contributed by atoms with van der Waals surface area (Å²) in [4.78, 5) is 14.2. The topological polar surface area (TPSA) is 30.0 Å². The maximum Gasteiger partial charge on any atom is 0.131 e. The van der Waals surface area contributed by atoms with Gasteiger partial charge >= 0.3 is 0 Å². The molecule has 0 fully saturated rings. The lowest BCUT2D eigenvalue weighted by Gasteiger charge is -1.98. The van der Waals surface area contributed by atoms with Crippen LogP contribution in [0.25, 0.3) is 10.8 Å². The largest absolute Gasteiger partial charge is 0.302 e. The molecule has 0 aliphatic heterocycles. The lowest BCUT2D eigenvalue weighted by Crippen LogP contribution is -1.81. The van der Waals surface area contributed by atoms with E-state index in [1.165, 1.54) is 0 Å². The van der Waals surface area contributed by atoms with Crippen molar-refractivity contribution in [3.05, 3.63) is 42.2 Å². The van der Waals surface area contributed by atoms with E-state index in [-0.39, 0.29) is 6.42 Å². The fraction of sp³-hybridized carbons (Fsp3) is 0.0769. The van der Waals surface area contributed by atoms with Crippen molar-refractivity contribution >= 4 is 17.1 Å². The number of hydrogen-bond acceptors (Lipinski definition) is 2. The summed E-state index contributed by atoms with van der Waals surface area (Å²) in [5.41, 5.74) is 0.919. The molecule has 1 aromatic heterocycles. The van der Waals surface area contributed by atoms with Gasteiger partial charge in [-0.05, 0) is 17.5 Å². The van der Waals surface area contributed by atoms with Crippen LogP contribution in [0.1, 0.15) is 12.0 Å². The zero-order chi connectivity index (χ0) is 10.5. The predicted octanol–water partition coefficient (Wildman–Crippen LogP) is 2.18. The van der Waals surface area contributed by atoms with Gasteiger partial charge in [0.05, 0.1) is 6.42 Å². The number of aldehydes is 1. The molecule has 0 N–H and O–H groups in total. The number of fused-ring (bicyclic) bond motifs is 1. The summed E-state index contributed by atoms with van der Waals surface area (Å²) in [7, 11) is 0. The number of carbonyl (C=O) groups is 1. The van der Waals surface area contributed by atoms with Crippen LogP contribution in [0, 0.1) is 11.8 Å². The number of carbonyl (C=O) groups excluding carboxylic acids is 1. The summed E-state index contributed by atoms with van der Waals surface area (Å²) in [6.45, 7) is 0. The first-order valence-electron chi connectivity index (χ1n) is 4.67. The second kappa shape index (κ2) is 4.39. The molecule has 2 rings (SSSR count). The first-order chi connectivity index (χ1) is 7.42. The summed E-state index contributed by atoms with van der Waals surface area (Å²) in [6, 6.07) is 7.84. The van der Waals surface area contributed by atoms with Gasteiger partial charge in [-0.2, -0.15) is 0 Å². The highest BCUT2D eigenvalue weighted by Crippen LogP contribution is 2.15. The van der Waals surface area contributed by atoms with Crippen LogP contribution >= 0.6 is 0 Å². The molecule has 1 heterocycles. The Labute approximate surface area is 88.0 Å². The van der Waals surface area contributed by atoms with Gasteiger partial charge in [-0.3, -0.25) is 4.98 Å². The van der Waals surface area contributed by atoms with Crippen LogP contribution in [-0.2, 0) is 4.79 Å². The van der Waals surface area contributed by atoms with Gasteiger partial charge < -0.3 is 4.79 Å². The van der Waals surface area contributed by atoms with E-state index in [0.717, 1.165) is 22.6 Å². The molecule has 0 atom stereocenters. The van der Waals surface area contributed by atoms with E-state index in [4.69, 9.17) is 0 Å². The summed E-state index contributed by atoms with van der Waals surface area (Å²) in [5, 5.41) is 2.14. The quantitative estimate of drug-likeness (QED) is 0.515. The second-order valence-electron chi connectivity index (χ2n) is 3.07. The Morgan fingerprint density at radius 1 is 1.33 bits per heavy atom. The minimum absolute atomic E-state index is 0.274. The van der Waals surface area contributed by atoms with Crippen molar-refractivity contribution in [2.45, 2.75) is 6.42 Å². The number of rotatable bonds is 1. The molecule has 15 heavy (non-hydrogen) atoms. The van der Waals surface area contributed by atoms with E-state index in [0.29, 0.717) is 0 Å². The number of nitrogens with zero attached hydrogens (tertiary/aromatic N) is 1. The van der Waals surface area contributed by atoms with Gasteiger partial charge in [0.2, 0.25) is 0 Å². The molecular weight excluding hydrogens is 186 g/mol. The third kappa shape index (κ3) is 2.03. The van der Waals surface area contributed by atoms with Crippen LogP contribution in [0.4, 0.5) is 0 Å². The average Bonchev–Trinajstić information content (AvgIpc) is 2.30. The van der Waals surface area contributed by atoms with Crippen LogP contribution in [0.2, 0.25) is 0 Å². The summed E-state index contributed by atoms with van der Waals surface area (Å²) in [6.07, 6.45) is 4.62. The highest BCUT2D eigenvalue weighted by molar-refractivity contribution is 5.87. The first kappa shape index (κ1) is 9.42. The molecule has 0 saturated carbocycles. The van der Waals surface area contributed by atoms with Crippen molar-refractivity contribution in [1.29, 1.82) is 0 Å². The summed E-state index contributed by atoms with van der Waals surface area (Å²) in [5.74, 6) is 5.76. The zero-order valence-electron chi connectivity index (χ0n) is 8.10. The van der Waals surface area contributed by atoms with Crippen molar-refractivity contribution in [3.8, 4) is 11.8 Å². The fourth-order valence-electron chi connectivity index (χ4n) is 1.41. The van der Waals surface area contributed by atoms with Crippen LogP contribution in [0.3, 0.4) is 0 Å². The van der Waals surface area contributed by atoms with Crippen molar-refractivity contribution in [1.82, 2.24) is 4.98 Å². The highest BCUT2D eigenvalue weighted by atomic mass is 16.1. The van der Waals surface area contributed by atoms with Gasteiger partial charge in [-0.1, -0.05) is 24.0 Å². The molecule has 0 aliphatic carbocycles. The van der Waals surface area contributed by atoms with E-state index in [9.17, 15) is 4.79 Å². The monoisotopic (exact) mass is 195 g/mol. The molecule has 0 amide bonds. The van der Waals surface area contributed by atoms with Gasteiger partial charge in [0.1, 0.15) is 6.29 Å². The Morgan fingerprint density at radius 2 is 2.27 bits per heavy atom. The Kier molecular flexibility index (Phi) is 2.75. The minimum Gasteiger partial charge on any atom is -0.302 e. The van der Waals surface area contributed by atoms with Crippen molar-refractivity contribution < 1.29 is 4.79 Å². The molecule has 2 nitrogen and oxygen atoms in total. The van der Waals surface area contributed by atoms with E-state index in [2.05, 4.69) is 16.8 Å². The molecule has 0 saturated heterocycles. The van der Waals surface area contributed by atoms with Gasteiger partial charge in [0.15, 0.2) is 0 Å². The Balaban J connectivity index is 2.52. The smallest absolute Gasteiger partial charge is 0.131 e. The van der Waals surface area contributed by atoms with Gasteiger partial charge in [-0.15, -0.1) is 0 Å². The SMILES string of the molecule is O=CCC#Cc1cccc2ccncc12. The Bertz CT molecular complexity index is 544. The Morgan fingerprint density at radius 3 is 3.13 bits per heavy atom. The molecule has 1 aromatic carbocycles. The highest BCUT2D eigenvalue weighted by Gasteiger charge is 1.96. The number of benzene rings is 1. The van der Waals surface area contributed by atoms with E-state index < -0.39 is 0 Å². The van der Waals surface area contributed by atoms with Crippen molar-refractivity contribution in [2.75, 3.05) is 0 Å². The fourth-order valence-corrected chi connectivity index (χ4v) is 1.41. The Hall–Kier alpha value is -2.14. The second-order valence-corrected chi connectivity index (χ2v) is 3.07. The van der Waals surface area contributed by atoms with Crippen LogP contribution < -0.4 is 0 Å². The molecule has 0 radical (unpaired) electrons.